The number of carbonyl (C=O) groups excluding carboxylic acids is 1. The number of rotatable bonds is 6. The van der Waals surface area contributed by atoms with Crippen LogP contribution in [0.2, 0.25) is 0 Å². The molecule has 8 heteroatoms. The largest absolute Gasteiger partial charge is 0.497 e. The number of hydrogen-bond donors (Lipinski definition) is 1. The highest BCUT2D eigenvalue weighted by Gasteiger charge is 2.11. The second-order valence-electron chi connectivity index (χ2n) is 5.87. The van der Waals surface area contributed by atoms with Gasteiger partial charge in [0.1, 0.15) is 23.9 Å². The lowest BCUT2D eigenvalue weighted by atomic mass is 10.1. The summed E-state index contributed by atoms with van der Waals surface area (Å²) < 4.78 is 25.3. The molecule has 0 unspecified atom stereocenters. The molecule has 0 aliphatic carbocycles. The first-order valence-corrected chi connectivity index (χ1v) is 8.34. The Bertz CT molecular complexity index is 1040. The molecule has 1 N–H and O–H groups in total. The number of aromatic nitrogens is 2. The molecule has 0 atom stereocenters. The quantitative estimate of drug-likeness (QED) is 0.708. The highest BCUT2D eigenvalue weighted by Crippen LogP contribution is 2.25. The molecule has 0 radical (unpaired) electrons. The van der Waals surface area contributed by atoms with E-state index in [0.29, 0.717) is 17.2 Å². The van der Waals surface area contributed by atoms with Crippen molar-refractivity contribution in [2.75, 3.05) is 19.5 Å². The van der Waals surface area contributed by atoms with Crippen molar-refractivity contribution < 1.29 is 18.7 Å². The minimum Gasteiger partial charge on any atom is -0.497 e. The van der Waals surface area contributed by atoms with Crippen LogP contribution in [0.15, 0.2) is 59.7 Å². The first kappa shape index (κ1) is 19.1. The summed E-state index contributed by atoms with van der Waals surface area (Å²) in [6.07, 6.45) is 1.22. The fourth-order valence-electron chi connectivity index (χ4n) is 2.60. The zero-order chi connectivity index (χ0) is 20.1. The molecule has 0 aliphatic heterocycles. The number of nitrogens with zero attached hydrogens (tertiary/aromatic N) is 2. The molecule has 0 saturated carbocycles. The van der Waals surface area contributed by atoms with E-state index in [4.69, 9.17) is 9.47 Å². The van der Waals surface area contributed by atoms with Crippen LogP contribution in [0, 0.1) is 5.82 Å². The molecule has 2 aromatic carbocycles. The summed E-state index contributed by atoms with van der Waals surface area (Å²) >= 11 is 0. The first-order valence-electron chi connectivity index (χ1n) is 8.34. The minimum absolute atomic E-state index is 0.206. The van der Waals surface area contributed by atoms with E-state index in [1.54, 1.807) is 30.3 Å². The van der Waals surface area contributed by atoms with Gasteiger partial charge < -0.3 is 14.8 Å². The van der Waals surface area contributed by atoms with Crippen molar-refractivity contribution in [3.63, 3.8) is 0 Å². The van der Waals surface area contributed by atoms with Crippen LogP contribution < -0.4 is 20.3 Å². The Hall–Kier alpha value is -3.68. The van der Waals surface area contributed by atoms with Gasteiger partial charge >= 0.3 is 0 Å². The van der Waals surface area contributed by atoms with Crippen LogP contribution in [-0.4, -0.2) is 29.7 Å². The Kier molecular flexibility index (Phi) is 5.69. The van der Waals surface area contributed by atoms with Crippen molar-refractivity contribution in [3.05, 3.63) is 71.0 Å². The Balaban J connectivity index is 1.76. The van der Waals surface area contributed by atoms with Gasteiger partial charge in [-0.1, -0.05) is 12.1 Å². The third kappa shape index (κ3) is 4.35. The van der Waals surface area contributed by atoms with Gasteiger partial charge in [-0.05, 0) is 12.1 Å². The molecule has 144 valence electrons. The van der Waals surface area contributed by atoms with Crippen LogP contribution in [0.4, 0.5) is 10.1 Å². The zero-order valence-electron chi connectivity index (χ0n) is 15.3. The van der Waals surface area contributed by atoms with Crippen LogP contribution in [0.5, 0.6) is 11.5 Å². The molecule has 0 spiro atoms. The van der Waals surface area contributed by atoms with Crippen LogP contribution >= 0.6 is 0 Å². The van der Waals surface area contributed by atoms with E-state index in [0.717, 1.165) is 4.57 Å². The predicted octanol–water partition coefficient (Wildman–Crippen LogP) is 2.71. The molecule has 0 fully saturated rings. The Labute approximate surface area is 160 Å². The number of benzene rings is 2. The molecule has 0 saturated heterocycles. The van der Waals surface area contributed by atoms with E-state index in [2.05, 4.69) is 10.3 Å². The van der Waals surface area contributed by atoms with Gasteiger partial charge in [-0.15, -0.1) is 0 Å². The van der Waals surface area contributed by atoms with E-state index in [1.165, 1.54) is 38.7 Å². The van der Waals surface area contributed by atoms with Gasteiger partial charge in [0, 0.05) is 35.5 Å². The van der Waals surface area contributed by atoms with Gasteiger partial charge in [0.2, 0.25) is 5.91 Å². The van der Waals surface area contributed by atoms with Gasteiger partial charge in [-0.2, -0.15) is 0 Å². The molecular formula is C20H18FN3O4. The van der Waals surface area contributed by atoms with E-state index < -0.39 is 17.3 Å². The summed E-state index contributed by atoms with van der Waals surface area (Å²) in [6.45, 7) is -0.247. The number of carbonyl (C=O) groups is 1. The average Bonchev–Trinajstić information content (AvgIpc) is 2.69. The number of nitrogens with one attached hydrogen (secondary N) is 1. The topological polar surface area (TPSA) is 82.5 Å². The number of hydrogen-bond acceptors (Lipinski definition) is 5. The van der Waals surface area contributed by atoms with Crippen molar-refractivity contribution in [3.8, 4) is 22.8 Å². The average molecular weight is 383 g/mol. The van der Waals surface area contributed by atoms with Crippen LogP contribution in [0.25, 0.3) is 11.3 Å². The summed E-state index contributed by atoms with van der Waals surface area (Å²) in [4.78, 5) is 28.7. The third-order valence-corrected chi connectivity index (χ3v) is 3.98. The van der Waals surface area contributed by atoms with Crippen molar-refractivity contribution in [2.24, 2.45) is 0 Å². The number of methoxy groups -OCH3 is 2. The Morgan fingerprint density at radius 3 is 2.39 bits per heavy atom. The summed E-state index contributed by atoms with van der Waals surface area (Å²) in [7, 11) is 3.01. The second-order valence-corrected chi connectivity index (χ2v) is 5.87. The molecule has 3 rings (SSSR count). The smallest absolute Gasteiger partial charge is 0.254 e. The van der Waals surface area contributed by atoms with Crippen molar-refractivity contribution >= 4 is 11.6 Å². The highest BCUT2D eigenvalue weighted by atomic mass is 19.1. The SMILES string of the molecule is COc1cc(NC(=O)Cn2cnc(-c3ccccc3F)cc2=O)cc(OC)c1. The van der Waals surface area contributed by atoms with Crippen molar-refractivity contribution in [2.45, 2.75) is 6.54 Å². The molecule has 1 aromatic heterocycles. The fourth-order valence-corrected chi connectivity index (χ4v) is 2.60. The van der Waals surface area contributed by atoms with Crippen molar-refractivity contribution in [1.29, 1.82) is 0 Å². The van der Waals surface area contributed by atoms with E-state index in [-0.39, 0.29) is 17.8 Å². The maximum atomic E-state index is 13.9. The molecule has 0 aliphatic rings. The molecule has 1 heterocycles. The maximum Gasteiger partial charge on any atom is 0.254 e. The molecule has 0 bridgehead atoms. The fraction of sp³-hybridized carbons (Fsp3) is 0.150. The monoisotopic (exact) mass is 383 g/mol. The molecule has 1 amide bonds. The molecule has 7 nitrogen and oxygen atoms in total. The lowest BCUT2D eigenvalue weighted by molar-refractivity contribution is -0.116. The number of halogens is 1. The van der Waals surface area contributed by atoms with E-state index in [1.807, 2.05) is 0 Å². The van der Waals surface area contributed by atoms with Gasteiger partial charge in [0.25, 0.3) is 5.56 Å². The predicted molar refractivity (Wildman–Crippen MR) is 102 cm³/mol. The standard InChI is InChI=1S/C20H18FN3O4/c1-27-14-7-13(8-15(9-14)28-2)23-19(25)11-24-12-22-18(10-20(24)26)16-5-3-4-6-17(16)21/h3-10,12H,11H2,1-2H3,(H,23,25). The summed E-state index contributed by atoms with van der Waals surface area (Å²) in [6, 6.07) is 12.2. The number of ether oxygens (including phenoxy) is 2. The molecular weight excluding hydrogens is 365 g/mol. The van der Waals surface area contributed by atoms with Gasteiger partial charge in [-0.3, -0.25) is 14.2 Å². The van der Waals surface area contributed by atoms with Crippen LogP contribution in [0.3, 0.4) is 0 Å². The van der Waals surface area contributed by atoms with E-state index in [9.17, 15) is 14.0 Å². The normalized spacial score (nSPS) is 10.4. The molecule has 28 heavy (non-hydrogen) atoms. The lowest BCUT2D eigenvalue weighted by Crippen LogP contribution is -2.27. The Morgan fingerprint density at radius 2 is 1.79 bits per heavy atom. The van der Waals surface area contributed by atoms with Crippen LogP contribution in [-0.2, 0) is 11.3 Å². The van der Waals surface area contributed by atoms with Crippen LogP contribution in [0.1, 0.15) is 0 Å². The summed E-state index contributed by atoms with van der Waals surface area (Å²) in [5.41, 5.74) is 0.425. The van der Waals surface area contributed by atoms with Crippen molar-refractivity contribution in [1.82, 2.24) is 9.55 Å². The third-order valence-electron chi connectivity index (χ3n) is 3.98. The Morgan fingerprint density at radius 1 is 1.11 bits per heavy atom. The number of amides is 1. The van der Waals surface area contributed by atoms with Gasteiger partial charge in [0.05, 0.1) is 26.2 Å². The number of anilines is 1. The minimum atomic E-state index is -0.475. The van der Waals surface area contributed by atoms with Gasteiger partial charge in [-0.25, -0.2) is 9.37 Å². The van der Waals surface area contributed by atoms with Gasteiger partial charge in [0.15, 0.2) is 0 Å². The highest BCUT2D eigenvalue weighted by molar-refractivity contribution is 5.91. The summed E-state index contributed by atoms with van der Waals surface area (Å²) in [5, 5.41) is 2.68. The zero-order valence-corrected chi connectivity index (χ0v) is 15.3. The second kappa shape index (κ2) is 8.34. The first-order chi connectivity index (χ1) is 13.5. The van der Waals surface area contributed by atoms with E-state index >= 15 is 0 Å². The summed E-state index contributed by atoms with van der Waals surface area (Å²) in [5.74, 6) is 0.125. The molecule has 3 aromatic rings. The lowest BCUT2D eigenvalue weighted by Gasteiger charge is -2.11. The maximum absolute atomic E-state index is 13.9.